The first-order valence-corrected chi connectivity index (χ1v) is 15.4. The van der Waals surface area contributed by atoms with Gasteiger partial charge in [0.25, 0.3) is 0 Å². The van der Waals surface area contributed by atoms with Crippen molar-refractivity contribution in [3.8, 4) is 27.9 Å². The van der Waals surface area contributed by atoms with E-state index in [9.17, 15) is 0 Å². The van der Waals surface area contributed by atoms with Crippen LogP contribution in [-0.4, -0.2) is 10.6 Å². The van der Waals surface area contributed by atoms with Gasteiger partial charge >= 0.3 is 0 Å². The van der Waals surface area contributed by atoms with E-state index < -0.39 is 0 Å². The normalized spacial score (nSPS) is 16.9. The molecule has 208 valence electrons. The van der Waals surface area contributed by atoms with Crippen LogP contribution in [0.2, 0.25) is 0 Å². The van der Waals surface area contributed by atoms with Crippen molar-refractivity contribution in [3.63, 3.8) is 0 Å². The summed E-state index contributed by atoms with van der Waals surface area (Å²) >= 11 is 0. The molecule has 6 aromatic carbocycles. The highest BCUT2D eigenvalue weighted by molar-refractivity contribution is 6.10. The largest absolute Gasteiger partial charge is 0.333 e. The highest BCUT2D eigenvalue weighted by Gasteiger charge is 2.37. The molecule has 7 aromatic rings. The summed E-state index contributed by atoms with van der Waals surface area (Å²) in [7, 11) is 0. The van der Waals surface area contributed by atoms with E-state index in [-0.39, 0.29) is 6.04 Å². The van der Waals surface area contributed by atoms with Crippen molar-refractivity contribution in [3.05, 3.63) is 175 Å². The van der Waals surface area contributed by atoms with Gasteiger partial charge in [0.2, 0.25) is 0 Å². The molecule has 0 fully saturated rings. The van der Waals surface area contributed by atoms with Crippen LogP contribution in [0.4, 0.5) is 11.4 Å². The summed E-state index contributed by atoms with van der Waals surface area (Å²) in [4.78, 5) is 2.52. The number of hydrogen-bond donors (Lipinski definition) is 0. The second-order valence-corrected chi connectivity index (χ2v) is 11.8. The highest BCUT2D eigenvalue weighted by atomic mass is 15.2. The molecule has 1 aliphatic heterocycles. The van der Waals surface area contributed by atoms with Gasteiger partial charge in [-0.1, -0.05) is 115 Å². The summed E-state index contributed by atoms with van der Waals surface area (Å²) in [5.74, 6) is 0.305. The third-order valence-electron chi connectivity index (χ3n) is 9.30. The summed E-state index contributed by atoms with van der Waals surface area (Å²) in [6.45, 7) is 0. The first-order valence-electron chi connectivity index (χ1n) is 15.4. The van der Waals surface area contributed by atoms with Crippen molar-refractivity contribution < 1.29 is 0 Å². The number of allylic oxidation sites excluding steroid dienone is 2. The SMILES string of the molecule is C1=CC2c3cc(-c4ccc5c(c4)c4ccccc4n5-c4ccccc4)ccc3N(c3cccc(-c4ccccc4)c3)C2C=C1. The first kappa shape index (κ1) is 24.9. The van der Waals surface area contributed by atoms with Crippen LogP contribution in [0.1, 0.15) is 11.5 Å². The van der Waals surface area contributed by atoms with E-state index in [1.807, 2.05) is 0 Å². The fraction of sp³-hybridized carbons (Fsp3) is 0.0476. The maximum Gasteiger partial charge on any atom is 0.0629 e. The zero-order valence-corrected chi connectivity index (χ0v) is 24.2. The number of rotatable bonds is 4. The van der Waals surface area contributed by atoms with Crippen LogP contribution >= 0.6 is 0 Å². The predicted octanol–water partition coefficient (Wildman–Crippen LogP) is 10.8. The van der Waals surface area contributed by atoms with Gasteiger partial charge in [-0.15, -0.1) is 0 Å². The average Bonchev–Trinajstić information content (AvgIpc) is 3.61. The first-order chi connectivity index (χ1) is 21.8. The molecular weight excluding hydrogens is 532 g/mol. The van der Waals surface area contributed by atoms with Gasteiger partial charge < -0.3 is 9.47 Å². The van der Waals surface area contributed by atoms with Crippen molar-refractivity contribution >= 4 is 33.2 Å². The molecule has 0 N–H and O–H groups in total. The fourth-order valence-corrected chi connectivity index (χ4v) is 7.30. The van der Waals surface area contributed by atoms with Gasteiger partial charge in [-0.3, -0.25) is 0 Å². The summed E-state index contributed by atoms with van der Waals surface area (Å²) < 4.78 is 2.38. The van der Waals surface area contributed by atoms with Crippen LogP contribution in [0.25, 0.3) is 49.7 Å². The molecule has 1 aliphatic carbocycles. The predicted molar refractivity (Wildman–Crippen MR) is 185 cm³/mol. The number of anilines is 2. The summed E-state index contributed by atoms with van der Waals surface area (Å²) in [5.41, 5.74) is 12.5. The van der Waals surface area contributed by atoms with Gasteiger partial charge in [-0.25, -0.2) is 0 Å². The lowest BCUT2D eigenvalue weighted by atomic mass is 9.89. The molecule has 2 aliphatic rings. The third kappa shape index (κ3) is 3.88. The van der Waals surface area contributed by atoms with Gasteiger partial charge in [0.15, 0.2) is 0 Å². The molecule has 0 spiro atoms. The smallest absolute Gasteiger partial charge is 0.0629 e. The second-order valence-electron chi connectivity index (χ2n) is 11.8. The van der Waals surface area contributed by atoms with Gasteiger partial charge in [0.1, 0.15) is 0 Å². The average molecular weight is 563 g/mol. The molecule has 44 heavy (non-hydrogen) atoms. The molecule has 0 saturated heterocycles. The molecule has 0 radical (unpaired) electrons. The van der Waals surface area contributed by atoms with E-state index in [1.165, 1.54) is 66.7 Å². The Hall–Kier alpha value is -5.60. The molecule has 2 heterocycles. The quantitative estimate of drug-likeness (QED) is 0.207. The van der Waals surface area contributed by atoms with Crippen molar-refractivity contribution in [2.24, 2.45) is 0 Å². The summed E-state index contributed by atoms with van der Waals surface area (Å²) in [5, 5.41) is 2.56. The van der Waals surface area contributed by atoms with E-state index >= 15 is 0 Å². The molecule has 2 unspecified atom stereocenters. The Morgan fingerprint density at radius 1 is 0.432 bits per heavy atom. The Morgan fingerprint density at radius 3 is 1.98 bits per heavy atom. The van der Waals surface area contributed by atoms with Gasteiger partial charge in [0.05, 0.1) is 17.1 Å². The van der Waals surface area contributed by atoms with E-state index in [0.717, 1.165) is 0 Å². The van der Waals surface area contributed by atoms with Gasteiger partial charge in [-0.2, -0.15) is 0 Å². The molecule has 0 bridgehead atoms. The van der Waals surface area contributed by atoms with Crippen molar-refractivity contribution in [2.75, 3.05) is 4.90 Å². The van der Waals surface area contributed by atoms with E-state index in [1.54, 1.807) is 0 Å². The standard InChI is InChI=1S/C42H30N2/c1-3-12-29(13-4-1)30-14-11-17-34(26-30)44-40-21-10-8-19-36(40)38-28-32(23-25-42(38)44)31-22-24-41-37(27-31)35-18-7-9-20-39(35)43(41)33-15-5-2-6-16-33/h1-28,36,40H. The minimum Gasteiger partial charge on any atom is -0.333 e. The zero-order valence-electron chi connectivity index (χ0n) is 24.2. The second kappa shape index (κ2) is 10.00. The molecular formula is C42H30N2. The van der Waals surface area contributed by atoms with Crippen LogP contribution in [-0.2, 0) is 0 Å². The minimum atomic E-state index is 0.252. The maximum absolute atomic E-state index is 2.52. The number of benzene rings is 6. The van der Waals surface area contributed by atoms with E-state index in [0.29, 0.717) is 5.92 Å². The number of nitrogens with zero attached hydrogens (tertiary/aromatic N) is 2. The summed E-state index contributed by atoms with van der Waals surface area (Å²) in [6, 6.07) is 53.3. The summed E-state index contributed by atoms with van der Waals surface area (Å²) in [6.07, 6.45) is 9.11. The van der Waals surface area contributed by atoms with Crippen molar-refractivity contribution in [2.45, 2.75) is 12.0 Å². The molecule has 0 saturated carbocycles. The molecule has 2 nitrogen and oxygen atoms in total. The van der Waals surface area contributed by atoms with Crippen LogP contribution < -0.4 is 4.90 Å². The minimum absolute atomic E-state index is 0.252. The molecule has 1 aromatic heterocycles. The van der Waals surface area contributed by atoms with Crippen LogP contribution in [0.5, 0.6) is 0 Å². The Kier molecular flexibility index (Phi) is 5.67. The lowest BCUT2D eigenvalue weighted by Gasteiger charge is -2.29. The molecule has 2 atom stereocenters. The topological polar surface area (TPSA) is 8.17 Å². The number of fused-ring (bicyclic) bond motifs is 6. The Balaban J connectivity index is 1.16. The molecule has 0 amide bonds. The lowest BCUT2D eigenvalue weighted by molar-refractivity contribution is 0.745. The monoisotopic (exact) mass is 562 g/mol. The number of aromatic nitrogens is 1. The number of para-hydroxylation sites is 2. The molecule has 9 rings (SSSR count). The fourth-order valence-electron chi connectivity index (χ4n) is 7.30. The van der Waals surface area contributed by atoms with Crippen LogP contribution in [0.3, 0.4) is 0 Å². The molecule has 2 heteroatoms. The Labute approximate surface area is 257 Å². The van der Waals surface area contributed by atoms with Crippen LogP contribution in [0, 0.1) is 0 Å². The Morgan fingerprint density at radius 2 is 1.09 bits per heavy atom. The zero-order chi connectivity index (χ0) is 29.0. The van der Waals surface area contributed by atoms with Crippen molar-refractivity contribution in [1.29, 1.82) is 0 Å². The van der Waals surface area contributed by atoms with Crippen molar-refractivity contribution in [1.82, 2.24) is 4.57 Å². The van der Waals surface area contributed by atoms with Crippen LogP contribution in [0.15, 0.2) is 170 Å². The van der Waals surface area contributed by atoms with Gasteiger partial charge in [0, 0.05) is 33.8 Å². The number of hydrogen-bond acceptors (Lipinski definition) is 1. The van der Waals surface area contributed by atoms with Gasteiger partial charge in [-0.05, 0) is 82.4 Å². The Bertz CT molecular complexity index is 2240. The lowest BCUT2D eigenvalue weighted by Crippen LogP contribution is -2.28. The van der Waals surface area contributed by atoms with E-state index in [2.05, 4.69) is 179 Å². The highest BCUT2D eigenvalue weighted by Crippen LogP contribution is 2.49. The maximum atomic E-state index is 2.52. The van der Waals surface area contributed by atoms with E-state index in [4.69, 9.17) is 0 Å². The third-order valence-corrected chi connectivity index (χ3v) is 9.30.